The minimum Gasteiger partial charge on any atom is -0.493 e. The van der Waals surface area contributed by atoms with Crippen molar-refractivity contribution < 1.29 is 9.47 Å². The van der Waals surface area contributed by atoms with E-state index < -0.39 is 0 Å². The third-order valence-electron chi connectivity index (χ3n) is 2.59. The average molecular weight is 343 g/mol. The fourth-order valence-corrected chi connectivity index (χ4v) is 2.33. The Kier molecular flexibility index (Phi) is 4.56. The van der Waals surface area contributed by atoms with E-state index in [1.807, 2.05) is 18.2 Å². The molecule has 2 rings (SSSR count). The first-order chi connectivity index (χ1) is 9.10. The monoisotopic (exact) mass is 341 g/mol. The average Bonchev–Trinajstić information content (AvgIpc) is 2.38. The highest BCUT2D eigenvalue weighted by Crippen LogP contribution is 2.30. The Morgan fingerprint density at radius 2 is 1.95 bits per heavy atom. The molecule has 3 nitrogen and oxygen atoms in total. The van der Waals surface area contributed by atoms with Crippen molar-refractivity contribution in [2.24, 2.45) is 0 Å². The van der Waals surface area contributed by atoms with E-state index in [0.29, 0.717) is 28.8 Å². The maximum Gasteiger partial charge on any atom is 0.163 e. The van der Waals surface area contributed by atoms with E-state index in [2.05, 4.69) is 15.9 Å². The van der Waals surface area contributed by atoms with Crippen LogP contribution >= 0.6 is 27.5 Å². The van der Waals surface area contributed by atoms with E-state index in [9.17, 15) is 0 Å². The van der Waals surface area contributed by atoms with Crippen molar-refractivity contribution in [3.63, 3.8) is 0 Å². The summed E-state index contributed by atoms with van der Waals surface area (Å²) in [6.07, 6.45) is 0. The Hall–Kier alpha value is -1.39. The van der Waals surface area contributed by atoms with Crippen molar-refractivity contribution in [2.75, 3.05) is 12.8 Å². The third-order valence-corrected chi connectivity index (χ3v) is 3.43. The van der Waals surface area contributed by atoms with Crippen LogP contribution in [0.1, 0.15) is 5.56 Å². The number of hydrogen-bond donors (Lipinski definition) is 1. The van der Waals surface area contributed by atoms with Crippen LogP contribution < -0.4 is 15.2 Å². The molecule has 0 unspecified atom stereocenters. The van der Waals surface area contributed by atoms with E-state index >= 15 is 0 Å². The van der Waals surface area contributed by atoms with Crippen LogP contribution in [0.3, 0.4) is 0 Å². The number of ether oxygens (including phenoxy) is 2. The number of hydrogen-bond acceptors (Lipinski definition) is 3. The first kappa shape index (κ1) is 14.0. The van der Waals surface area contributed by atoms with Gasteiger partial charge >= 0.3 is 0 Å². The molecule has 0 radical (unpaired) electrons. The molecule has 0 aliphatic rings. The Bertz CT molecular complexity index is 590. The highest BCUT2D eigenvalue weighted by molar-refractivity contribution is 9.10. The van der Waals surface area contributed by atoms with Crippen molar-refractivity contribution in [1.29, 1.82) is 0 Å². The minimum atomic E-state index is 0.353. The van der Waals surface area contributed by atoms with Crippen LogP contribution in [0.25, 0.3) is 0 Å². The molecule has 2 aromatic carbocycles. The van der Waals surface area contributed by atoms with Crippen LogP contribution in [0.4, 0.5) is 5.69 Å². The molecular weight excluding hydrogens is 330 g/mol. The van der Waals surface area contributed by atoms with Crippen molar-refractivity contribution in [2.45, 2.75) is 6.61 Å². The first-order valence-electron chi connectivity index (χ1n) is 5.60. The second-order valence-electron chi connectivity index (χ2n) is 3.93. The third kappa shape index (κ3) is 3.55. The Morgan fingerprint density at radius 3 is 2.63 bits per heavy atom. The van der Waals surface area contributed by atoms with Crippen molar-refractivity contribution in [3.8, 4) is 11.5 Å². The Labute approximate surface area is 125 Å². The largest absolute Gasteiger partial charge is 0.493 e. The number of nitrogen functional groups attached to an aromatic ring is 1. The van der Waals surface area contributed by atoms with Crippen molar-refractivity contribution in [3.05, 3.63) is 51.5 Å². The van der Waals surface area contributed by atoms with E-state index in [4.69, 9.17) is 26.8 Å². The van der Waals surface area contributed by atoms with Gasteiger partial charge in [0.25, 0.3) is 0 Å². The summed E-state index contributed by atoms with van der Waals surface area (Å²) >= 11 is 9.50. The predicted molar refractivity (Wildman–Crippen MR) is 80.9 cm³/mol. The summed E-state index contributed by atoms with van der Waals surface area (Å²) < 4.78 is 11.9. The molecule has 5 heteroatoms. The van der Waals surface area contributed by atoms with Gasteiger partial charge in [0.2, 0.25) is 0 Å². The van der Waals surface area contributed by atoms with Gasteiger partial charge in [-0.05, 0) is 24.3 Å². The van der Waals surface area contributed by atoms with Crippen LogP contribution in [0.2, 0.25) is 5.02 Å². The molecule has 0 bridgehead atoms. The molecule has 2 N–H and O–H groups in total. The quantitative estimate of drug-likeness (QED) is 0.844. The number of halogens is 2. The fourth-order valence-electron chi connectivity index (χ4n) is 1.60. The van der Waals surface area contributed by atoms with Gasteiger partial charge in [-0.15, -0.1) is 0 Å². The van der Waals surface area contributed by atoms with Gasteiger partial charge < -0.3 is 15.2 Å². The first-order valence-corrected chi connectivity index (χ1v) is 6.77. The minimum absolute atomic E-state index is 0.353. The second-order valence-corrected chi connectivity index (χ2v) is 5.26. The predicted octanol–water partition coefficient (Wildman–Crippen LogP) is 4.27. The lowest BCUT2D eigenvalue weighted by atomic mass is 10.2. The SMILES string of the molecule is COc1ccc(N)cc1OCc1ccc(Br)cc1Cl. The topological polar surface area (TPSA) is 44.5 Å². The molecule has 0 heterocycles. The van der Waals surface area contributed by atoms with Gasteiger partial charge in [-0.2, -0.15) is 0 Å². The lowest BCUT2D eigenvalue weighted by molar-refractivity contribution is 0.285. The zero-order chi connectivity index (χ0) is 13.8. The Balaban J connectivity index is 2.16. The number of methoxy groups -OCH3 is 1. The van der Waals surface area contributed by atoms with E-state index in [1.165, 1.54) is 0 Å². The standard InChI is InChI=1S/C14H13BrClNO2/c1-18-13-5-4-11(17)7-14(13)19-8-9-2-3-10(15)6-12(9)16/h2-7H,8,17H2,1H3. The lowest BCUT2D eigenvalue weighted by Gasteiger charge is -2.12. The summed E-state index contributed by atoms with van der Waals surface area (Å²) in [6, 6.07) is 10.9. The number of rotatable bonds is 4. The van der Waals surface area contributed by atoms with Gasteiger partial charge in [0.15, 0.2) is 11.5 Å². The molecule has 0 spiro atoms. The highest BCUT2D eigenvalue weighted by atomic mass is 79.9. The molecule has 0 saturated heterocycles. The summed E-state index contributed by atoms with van der Waals surface area (Å²) in [4.78, 5) is 0. The van der Waals surface area contributed by atoms with Crippen LogP contribution in [0, 0.1) is 0 Å². The zero-order valence-corrected chi connectivity index (χ0v) is 12.7. The summed E-state index contributed by atoms with van der Waals surface area (Å²) in [5, 5.41) is 0.650. The molecule has 0 saturated carbocycles. The maximum absolute atomic E-state index is 6.13. The molecule has 100 valence electrons. The van der Waals surface area contributed by atoms with Crippen LogP contribution in [-0.2, 0) is 6.61 Å². The highest BCUT2D eigenvalue weighted by Gasteiger charge is 2.07. The van der Waals surface area contributed by atoms with Crippen molar-refractivity contribution in [1.82, 2.24) is 0 Å². The molecule has 19 heavy (non-hydrogen) atoms. The molecule has 0 aliphatic carbocycles. The molecule has 0 atom stereocenters. The summed E-state index contributed by atoms with van der Waals surface area (Å²) in [5.41, 5.74) is 7.25. The molecule has 0 amide bonds. The lowest BCUT2D eigenvalue weighted by Crippen LogP contribution is -1.99. The number of benzene rings is 2. The van der Waals surface area contributed by atoms with Gasteiger partial charge in [-0.1, -0.05) is 33.6 Å². The molecule has 0 fully saturated rings. The number of anilines is 1. The van der Waals surface area contributed by atoms with E-state index in [0.717, 1.165) is 10.0 Å². The molecule has 2 aromatic rings. The van der Waals surface area contributed by atoms with Gasteiger partial charge in [0, 0.05) is 26.8 Å². The van der Waals surface area contributed by atoms with E-state index in [-0.39, 0.29) is 0 Å². The second kappa shape index (κ2) is 6.17. The molecule has 0 aromatic heterocycles. The fraction of sp³-hybridized carbons (Fsp3) is 0.143. The molecular formula is C14H13BrClNO2. The normalized spacial score (nSPS) is 10.3. The zero-order valence-electron chi connectivity index (χ0n) is 10.3. The van der Waals surface area contributed by atoms with Crippen LogP contribution in [-0.4, -0.2) is 7.11 Å². The van der Waals surface area contributed by atoms with E-state index in [1.54, 1.807) is 25.3 Å². The smallest absolute Gasteiger partial charge is 0.163 e. The summed E-state index contributed by atoms with van der Waals surface area (Å²) in [7, 11) is 1.59. The van der Waals surface area contributed by atoms with Crippen LogP contribution in [0.5, 0.6) is 11.5 Å². The summed E-state index contributed by atoms with van der Waals surface area (Å²) in [5.74, 6) is 1.24. The Morgan fingerprint density at radius 1 is 1.16 bits per heavy atom. The summed E-state index contributed by atoms with van der Waals surface area (Å²) in [6.45, 7) is 0.353. The maximum atomic E-state index is 6.13. The van der Waals surface area contributed by atoms with Gasteiger partial charge in [-0.3, -0.25) is 0 Å². The molecule has 0 aliphatic heterocycles. The van der Waals surface area contributed by atoms with Crippen molar-refractivity contribution >= 4 is 33.2 Å². The van der Waals surface area contributed by atoms with Gasteiger partial charge in [-0.25, -0.2) is 0 Å². The van der Waals surface area contributed by atoms with Gasteiger partial charge in [0.1, 0.15) is 6.61 Å². The van der Waals surface area contributed by atoms with Gasteiger partial charge in [0.05, 0.1) is 7.11 Å². The number of nitrogens with two attached hydrogens (primary N) is 1. The van der Waals surface area contributed by atoms with Crippen LogP contribution in [0.15, 0.2) is 40.9 Å².